The molecule has 13 heavy (non-hydrogen) atoms. The first-order valence-corrected chi connectivity index (χ1v) is 5.10. The molecule has 3 nitrogen and oxygen atoms in total. The van der Waals surface area contributed by atoms with Gasteiger partial charge >= 0.3 is 0 Å². The van der Waals surface area contributed by atoms with Crippen LogP contribution in [0, 0.1) is 0 Å². The Hall–Kier alpha value is -0.120. The second-order valence-corrected chi connectivity index (χ2v) is 4.65. The van der Waals surface area contributed by atoms with Gasteiger partial charge in [0.15, 0.2) is 0 Å². The Morgan fingerprint density at radius 3 is 2.54 bits per heavy atom. The highest BCUT2D eigenvalue weighted by molar-refractivity contribution is 4.88. The van der Waals surface area contributed by atoms with E-state index >= 15 is 0 Å². The summed E-state index contributed by atoms with van der Waals surface area (Å²) in [4.78, 5) is 2.35. The molecule has 0 spiro atoms. The van der Waals surface area contributed by atoms with Crippen LogP contribution in [0.5, 0.6) is 0 Å². The van der Waals surface area contributed by atoms with Crippen molar-refractivity contribution in [3.8, 4) is 0 Å². The number of nitrogens with zero attached hydrogens (tertiary/aromatic N) is 1. The topological polar surface area (TPSA) is 49.5 Å². The van der Waals surface area contributed by atoms with E-state index in [1.807, 2.05) is 6.92 Å². The summed E-state index contributed by atoms with van der Waals surface area (Å²) in [5.74, 6) is 0. The van der Waals surface area contributed by atoms with E-state index in [1.165, 1.54) is 12.8 Å². The summed E-state index contributed by atoms with van der Waals surface area (Å²) < 4.78 is 0. The molecule has 3 N–H and O–H groups in total. The lowest BCUT2D eigenvalue weighted by Gasteiger charge is -2.31. The monoisotopic (exact) mass is 186 g/mol. The molecule has 0 radical (unpaired) electrons. The van der Waals surface area contributed by atoms with Crippen LogP contribution in [0.4, 0.5) is 0 Å². The van der Waals surface area contributed by atoms with Crippen molar-refractivity contribution >= 4 is 0 Å². The molecular weight excluding hydrogens is 164 g/mol. The van der Waals surface area contributed by atoms with Gasteiger partial charge < -0.3 is 15.7 Å². The maximum absolute atomic E-state index is 9.79. The Kier molecular flexibility index (Phi) is 3.33. The fraction of sp³-hybridized carbons (Fsp3) is 1.00. The minimum Gasteiger partial charge on any atom is -0.389 e. The molecule has 3 heteroatoms. The van der Waals surface area contributed by atoms with Crippen LogP contribution in [0.25, 0.3) is 0 Å². The Morgan fingerprint density at radius 1 is 1.62 bits per heavy atom. The summed E-state index contributed by atoms with van der Waals surface area (Å²) in [6.07, 6.45) is 3.38. The number of hydrogen-bond acceptors (Lipinski definition) is 3. The van der Waals surface area contributed by atoms with E-state index in [-0.39, 0.29) is 0 Å². The molecule has 1 aliphatic carbocycles. The normalized spacial score (nSPS) is 24.5. The predicted octanol–water partition coefficient (Wildman–Crippen LogP) is 0.569. The van der Waals surface area contributed by atoms with Crippen molar-refractivity contribution < 1.29 is 5.11 Å². The fourth-order valence-corrected chi connectivity index (χ4v) is 1.71. The summed E-state index contributed by atoms with van der Waals surface area (Å²) in [5.41, 5.74) is 4.77. The van der Waals surface area contributed by atoms with Crippen LogP contribution in [0.2, 0.25) is 0 Å². The highest BCUT2D eigenvalue weighted by Gasteiger charge is 2.32. The zero-order chi connectivity index (χ0) is 10.1. The van der Waals surface area contributed by atoms with E-state index in [4.69, 9.17) is 5.73 Å². The Labute approximate surface area is 80.9 Å². The Balaban J connectivity index is 2.34. The molecule has 0 heterocycles. The van der Waals surface area contributed by atoms with Gasteiger partial charge in [0.25, 0.3) is 0 Å². The summed E-state index contributed by atoms with van der Waals surface area (Å²) >= 11 is 0. The van der Waals surface area contributed by atoms with Crippen molar-refractivity contribution in [3.63, 3.8) is 0 Å². The highest BCUT2D eigenvalue weighted by atomic mass is 16.3. The molecule has 0 aromatic rings. The second kappa shape index (κ2) is 3.95. The third-order valence-corrected chi connectivity index (χ3v) is 2.99. The van der Waals surface area contributed by atoms with Gasteiger partial charge in [0.2, 0.25) is 0 Å². The molecule has 1 aliphatic rings. The Morgan fingerprint density at radius 2 is 2.15 bits per heavy atom. The third kappa shape index (κ3) is 3.25. The van der Waals surface area contributed by atoms with E-state index < -0.39 is 5.60 Å². The van der Waals surface area contributed by atoms with Crippen molar-refractivity contribution in [2.45, 2.75) is 50.8 Å². The van der Waals surface area contributed by atoms with Gasteiger partial charge in [-0.2, -0.15) is 0 Å². The summed E-state index contributed by atoms with van der Waals surface area (Å²) in [6.45, 7) is 4.31. The van der Waals surface area contributed by atoms with Crippen LogP contribution in [0.15, 0.2) is 0 Å². The van der Waals surface area contributed by atoms with Crippen molar-refractivity contribution in [2.24, 2.45) is 5.73 Å². The van der Waals surface area contributed by atoms with Crippen molar-refractivity contribution in [1.29, 1.82) is 0 Å². The first kappa shape index (κ1) is 11.0. The summed E-state index contributed by atoms with van der Waals surface area (Å²) in [6, 6.07) is 1.18. The van der Waals surface area contributed by atoms with E-state index in [2.05, 4.69) is 18.9 Å². The van der Waals surface area contributed by atoms with Crippen LogP contribution in [0.3, 0.4) is 0 Å². The standard InChI is InChI=1S/C10H22N2O/c1-8(6-10(2,13)7-11)12(3)9-4-5-9/h8-9,13H,4-7,11H2,1-3H3. The van der Waals surface area contributed by atoms with E-state index in [0.29, 0.717) is 12.6 Å². The van der Waals surface area contributed by atoms with Crippen molar-refractivity contribution in [1.82, 2.24) is 4.90 Å². The minimum atomic E-state index is -0.706. The predicted molar refractivity (Wildman–Crippen MR) is 54.5 cm³/mol. The van der Waals surface area contributed by atoms with Gasteiger partial charge in [0.05, 0.1) is 5.60 Å². The van der Waals surface area contributed by atoms with Gasteiger partial charge in [-0.1, -0.05) is 0 Å². The van der Waals surface area contributed by atoms with E-state index in [9.17, 15) is 5.11 Å². The second-order valence-electron chi connectivity index (χ2n) is 4.65. The first-order valence-electron chi connectivity index (χ1n) is 5.10. The average Bonchev–Trinajstić information content (AvgIpc) is 2.85. The summed E-state index contributed by atoms with van der Waals surface area (Å²) in [7, 11) is 2.13. The zero-order valence-electron chi connectivity index (χ0n) is 8.95. The van der Waals surface area contributed by atoms with Crippen LogP contribution < -0.4 is 5.73 Å². The number of aliphatic hydroxyl groups is 1. The van der Waals surface area contributed by atoms with Gasteiger partial charge in [0.1, 0.15) is 0 Å². The molecule has 0 aliphatic heterocycles. The molecule has 78 valence electrons. The maximum atomic E-state index is 9.79. The van der Waals surface area contributed by atoms with E-state index in [0.717, 1.165) is 12.5 Å². The molecular formula is C10H22N2O. The zero-order valence-corrected chi connectivity index (χ0v) is 8.95. The van der Waals surface area contributed by atoms with Gasteiger partial charge in [-0.15, -0.1) is 0 Å². The molecule has 2 atom stereocenters. The lowest BCUT2D eigenvalue weighted by molar-refractivity contribution is 0.0322. The fourth-order valence-electron chi connectivity index (χ4n) is 1.71. The van der Waals surface area contributed by atoms with Crippen LogP contribution >= 0.6 is 0 Å². The van der Waals surface area contributed by atoms with Crippen molar-refractivity contribution in [3.05, 3.63) is 0 Å². The highest BCUT2D eigenvalue weighted by Crippen LogP contribution is 2.28. The molecule has 0 aromatic carbocycles. The quantitative estimate of drug-likeness (QED) is 0.660. The number of rotatable bonds is 5. The SMILES string of the molecule is CC(CC(C)(O)CN)N(C)C1CC1. The van der Waals surface area contributed by atoms with Gasteiger partial charge in [-0.05, 0) is 40.2 Å². The van der Waals surface area contributed by atoms with Crippen LogP contribution in [0.1, 0.15) is 33.1 Å². The molecule has 1 rings (SSSR count). The minimum absolute atomic E-state index is 0.343. The maximum Gasteiger partial charge on any atom is 0.0756 e. The van der Waals surface area contributed by atoms with Crippen LogP contribution in [-0.2, 0) is 0 Å². The van der Waals surface area contributed by atoms with Gasteiger partial charge in [-0.25, -0.2) is 0 Å². The Bertz CT molecular complexity index is 166. The van der Waals surface area contributed by atoms with Crippen molar-refractivity contribution in [2.75, 3.05) is 13.6 Å². The molecule has 1 fully saturated rings. The molecule has 1 saturated carbocycles. The molecule has 0 aromatic heterocycles. The lowest BCUT2D eigenvalue weighted by Crippen LogP contribution is -2.42. The lowest BCUT2D eigenvalue weighted by atomic mass is 9.97. The van der Waals surface area contributed by atoms with Gasteiger partial charge in [0, 0.05) is 18.6 Å². The third-order valence-electron chi connectivity index (χ3n) is 2.99. The molecule has 0 saturated heterocycles. The smallest absolute Gasteiger partial charge is 0.0756 e. The van der Waals surface area contributed by atoms with Gasteiger partial charge in [-0.3, -0.25) is 0 Å². The molecule has 2 unspecified atom stereocenters. The largest absolute Gasteiger partial charge is 0.389 e. The number of hydrogen-bond donors (Lipinski definition) is 2. The molecule has 0 bridgehead atoms. The average molecular weight is 186 g/mol. The first-order chi connectivity index (χ1) is 5.96. The van der Waals surface area contributed by atoms with Crippen LogP contribution in [-0.4, -0.2) is 41.3 Å². The van der Waals surface area contributed by atoms with E-state index in [1.54, 1.807) is 0 Å². The number of nitrogens with two attached hydrogens (primary N) is 1. The molecule has 0 amide bonds. The summed E-state index contributed by atoms with van der Waals surface area (Å²) in [5, 5.41) is 9.79.